The summed E-state index contributed by atoms with van der Waals surface area (Å²) < 4.78 is 28.3. The van der Waals surface area contributed by atoms with Crippen molar-refractivity contribution >= 4 is 0 Å². The minimum Gasteiger partial charge on any atom is -0.499 e. The summed E-state index contributed by atoms with van der Waals surface area (Å²) in [6.45, 7) is 3.34. The van der Waals surface area contributed by atoms with Crippen LogP contribution in [0, 0.1) is 0 Å². The van der Waals surface area contributed by atoms with Crippen LogP contribution in [-0.2, 0) is 23.7 Å². The highest BCUT2D eigenvalue weighted by molar-refractivity contribution is 5.08. The Morgan fingerprint density at radius 2 is 1.33 bits per heavy atom. The van der Waals surface area contributed by atoms with Crippen LogP contribution in [-0.4, -0.2) is 143 Å². The van der Waals surface area contributed by atoms with Crippen LogP contribution < -0.4 is 0 Å². The van der Waals surface area contributed by atoms with Crippen molar-refractivity contribution < 1.29 is 74.7 Å². The number of hydrogen-bond acceptors (Lipinski definition) is 15. The topological polar surface area (TPSA) is 248 Å². The van der Waals surface area contributed by atoms with Gasteiger partial charge in [0.05, 0.1) is 37.9 Å². The molecular formula is C34H62O15. The Balaban J connectivity index is 2.40. The van der Waals surface area contributed by atoms with Crippen LogP contribution in [0.3, 0.4) is 0 Å². The average molecular weight is 711 g/mol. The molecule has 0 aliphatic carbocycles. The highest BCUT2D eigenvalue weighted by Crippen LogP contribution is 2.46. The van der Waals surface area contributed by atoms with Crippen molar-refractivity contribution in [1.82, 2.24) is 0 Å². The molecule has 2 aliphatic heterocycles. The van der Waals surface area contributed by atoms with Gasteiger partial charge in [-0.25, -0.2) is 0 Å². The van der Waals surface area contributed by atoms with Gasteiger partial charge in [-0.15, -0.1) is 0 Å². The Bertz CT molecular complexity index is 968. The highest BCUT2D eigenvalue weighted by atomic mass is 16.8. The Morgan fingerprint density at radius 3 is 1.96 bits per heavy atom. The molecule has 2 unspecified atom stereocenters. The first-order valence-electron chi connectivity index (χ1n) is 17.6. The van der Waals surface area contributed by atoms with Gasteiger partial charge in [0.2, 0.25) is 5.79 Å². The second-order valence-electron chi connectivity index (χ2n) is 13.2. The zero-order valence-corrected chi connectivity index (χ0v) is 29.1. The summed E-state index contributed by atoms with van der Waals surface area (Å²) in [7, 11) is 0. The Hall–Kier alpha value is -1.44. The third-order valence-electron chi connectivity index (χ3n) is 8.89. The minimum atomic E-state index is -3.03. The number of aliphatic hydroxyl groups excluding tert-OH is 8. The summed E-state index contributed by atoms with van der Waals surface area (Å²) in [6.07, 6.45) is -2.50. The van der Waals surface area contributed by atoms with Crippen LogP contribution in [0.5, 0.6) is 0 Å². The first-order chi connectivity index (χ1) is 23.3. The van der Waals surface area contributed by atoms with E-state index in [1.165, 1.54) is 13.2 Å². The molecule has 2 aliphatic rings. The quantitative estimate of drug-likeness (QED) is 0.0386. The van der Waals surface area contributed by atoms with Gasteiger partial charge in [0.1, 0.15) is 43.2 Å². The van der Waals surface area contributed by atoms with Crippen LogP contribution >= 0.6 is 0 Å². The molecule has 0 spiro atoms. The van der Waals surface area contributed by atoms with Crippen molar-refractivity contribution in [2.24, 2.45) is 0 Å². The molecule has 10 N–H and O–H groups in total. The Morgan fingerprint density at radius 1 is 0.735 bits per heavy atom. The van der Waals surface area contributed by atoms with E-state index in [0.717, 1.165) is 64.0 Å². The molecule has 0 aromatic rings. The lowest BCUT2D eigenvalue weighted by Crippen LogP contribution is -2.77. The molecule has 0 amide bonds. The van der Waals surface area contributed by atoms with E-state index < -0.39 is 98.4 Å². The van der Waals surface area contributed by atoms with Crippen LogP contribution in [0.25, 0.3) is 0 Å². The third kappa shape index (κ3) is 11.8. The molecule has 288 valence electrons. The smallest absolute Gasteiger partial charge is 0.291 e. The molecule has 2 saturated heterocycles. The summed E-state index contributed by atoms with van der Waals surface area (Å²) in [4.78, 5) is 0. The molecule has 0 saturated carbocycles. The zero-order chi connectivity index (χ0) is 36.7. The maximum absolute atomic E-state index is 12.0. The van der Waals surface area contributed by atoms with Crippen molar-refractivity contribution in [3.05, 3.63) is 24.7 Å². The maximum Gasteiger partial charge on any atom is 0.291 e. The molecule has 0 aromatic heterocycles. The normalized spacial score (nSPS) is 36.7. The van der Waals surface area contributed by atoms with E-state index in [4.69, 9.17) is 23.7 Å². The summed E-state index contributed by atoms with van der Waals surface area (Å²) >= 11 is 0. The van der Waals surface area contributed by atoms with Gasteiger partial charge in [0, 0.05) is 12.8 Å². The zero-order valence-electron chi connectivity index (χ0n) is 29.1. The van der Waals surface area contributed by atoms with E-state index in [1.54, 1.807) is 12.2 Å². The predicted octanol–water partition coefficient (Wildman–Crippen LogP) is 0.194. The van der Waals surface area contributed by atoms with Gasteiger partial charge in [-0.1, -0.05) is 52.4 Å². The third-order valence-corrected chi connectivity index (χ3v) is 8.89. The molecule has 49 heavy (non-hydrogen) atoms. The predicted molar refractivity (Wildman–Crippen MR) is 175 cm³/mol. The lowest BCUT2D eigenvalue weighted by atomic mass is 9.84. The van der Waals surface area contributed by atoms with Gasteiger partial charge in [-0.2, -0.15) is 0 Å². The van der Waals surface area contributed by atoms with Crippen LogP contribution in [0.1, 0.15) is 97.8 Å². The fourth-order valence-corrected chi connectivity index (χ4v) is 6.12. The van der Waals surface area contributed by atoms with Crippen LogP contribution in [0.15, 0.2) is 24.7 Å². The second-order valence-corrected chi connectivity index (χ2v) is 13.2. The van der Waals surface area contributed by atoms with Gasteiger partial charge in [-0.3, -0.25) is 0 Å². The fraction of sp³-hybridized carbons (Fsp3) is 0.882. The number of allylic oxidation sites excluding steroid dienone is 2. The second kappa shape index (κ2) is 21.2. The van der Waals surface area contributed by atoms with Crippen molar-refractivity contribution in [3.63, 3.8) is 0 Å². The number of unbranched alkanes of at least 4 members (excludes halogenated alkanes) is 8. The first kappa shape index (κ1) is 43.7. The highest BCUT2D eigenvalue weighted by Gasteiger charge is 2.69. The van der Waals surface area contributed by atoms with Gasteiger partial charge >= 0.3 is 0 Å². The fourth-order valence-electron chi connectivity index (χ4n) is 6.12. The summed E-state index contributed by atoms with van der Waals surface area (Å²) in [5, 5.41) is 109. The molecule has 0 radical (unpaired) electrons. The standard InChI is InChI=1S/C34H62O15/c1-4-6-8-10-11-12-13-15-17-46-34(44)30(41)28(40)26(21-36)48-33(34,18-23(3)37)49-29-27(39)25(20-35)47-32(43,31(29)42)19-24(38)22-45-16-14-9-7-5-2/h14-17,23-31,35-44H,4-13,18-22H2,1-3H3/t23?,24?,25-,26-,27+,28+,29+,30+,31-,32-,33+,34+/m1/s1. The summed E-state index contributed by atoms with van der Waals surface area (Å²) in [6, 6.07) is 0. The van der Waals surface area contributed by atoms with Gasteiger partial charge in [0.15, 0.2) is 11.9 Å². The van der Waals surface area contributed by atoms with Gasteiger partial charge in [-0.05, 0) is 44.8 Å². The number of hydrogen-bond donors (Lipinski definition) is 10. The number of aliphatic hydroxyl groups is 10. The SMILES string of the molecule is CCCCC=COCC(O)C[C@@]1(O)O[C@H](CO)[C@H](O)[C@H](O[C@]2(CC(C)O)O[C@H](CO)[C@H](O)[C@H](O)[C@]2(O)OC=CCCCCCCCC)[C@H]1O. The molecule has 12 atom stereocenters. The van der Waals surface area contributed by atoms with E-state index in [-0.39, 0.29) is 6.61 Å². The largest absolute Gasteiger partial charge is 0.499 e. The summed E-state index contributed by atoms with van der Waals surface area (Å²) in [5.74, 6) is -8.43. The molecule has 2 fully saturated rings. The van der Waals surface area contributed by atoms with E-state index >= 15 is 0 Å². The maximum atomic E-state index is 12.0. The van der Waals surface area contributed by atoms with Gasteiger partial charge in [0.25, 0.3) is 5.79 Å². The van der Waals surface area contributed by atoms with Crippen molar-refractivity contribution in [1.29, 1.82) is 0 Å². The van der Waals surface area contributed by atoms with E-state index in [1.807, 2.05) is 6.92 Å². The molecule has 15 nitrogen and oxygen atoms in total. The lowest BCUT2D eigenvalue weighted by molar-refractivity contribution is -0.483. The lowest BCUT2D eigenvalue weighted by Gasteiger charge is -2.57. The van der Waals surface area contributed by atoms with Crippen molar-refractivity contribution in [3.8, 4) is 0 Å². The average Bonchev–Trinajstić information content (AvgIpc) is 3.06. The van der Waals surface area contributed by atoms with Gasteiger partial charge < -0.3 is 74.7 Å². The molecule has 2 heterocycles. The molecule has 0 bridgehead atoms. The van der Waals surface area contributed by atoms with E-state index in [2.05, 4.69) is 6.92 Å². The molecule has 0 aromatic carbocycles. The number of ether oxygens (including phenoxy) is 5. The molecule has 2 rings (SSSR count). The van der Waals surface area contributed by atoms with Crippen molar-refractivity contribution in [2.75, 3.05) is 19.8 Å². The van der Waals surface area contributed by atoms with E-state index in [0.29, 0.717) is 6.42 Å². The van der Waals surface area contributed by atoms with Crippen LogP contribution in [0.2, 0.25) is 0 Å². The van der Waals surface area contributed by atoms with Crippen LogP contribution in [0.4, 0.5) is 0 Å². The Labute approximate surface area is 289 Å². The minimum absolute atomic E-state index is 0.311. The molecular weight excluding hydrogens is 648 g/mol. The molecule has 15 heteroatoms. The monoisotopic (exact) mass is 710 g/mol. The summed E-state index contributed by atoms with van der Waals surface area (Å²) in [5.41, 5.74) is 0. The number of rotatable bonds is 23. The Kier molecular flexibility index (Phi) is 18.9. The van der Waals surface area contributed by atoms with Crippen molar-refractivity contribution in [2.45, 2.75) is 170 Å². The van der Waals surface area contributed by atoms with E-state index in [9.17, 15) is 51.1 Å². The first-order valence-corrected chi connectivity index (χ1v) is 17.6.